The van der Waals surface area contributed by atoms with Gasteiger partial charge in [0.15, 0.2) is 0 Å². The van der Waals surface area contributed by atoms with Gasteiger partial charge in [-0.25, -0.2) is 0 Å². The third kappa shape index (κ3) is 2.61. The van der Waals surface area contributed by atoms with Crippen molar-refractivity contribution in [2.24, 2.45) is 41.2 Å². The summed E-state index contributed by atoms with van der Waals surface area (Å²) in [6.07, 6.45) is 7.94. The zero-order chi connectivity index (χ0) is 13.9. The predicted octanol–water partition coefficient (Wildman–Crippen LogP) is 2.68. The summed E-state index contributed by atoms with van der Waals surface area (Å²) in [5.74, 6) is 4.72. The van der Waals surface area contributed by atoms with Crippen LogP contribution in [0.4, 0.5) is 0 Å². The minimum absolute atomic E-state index is 0. The normalized spacial score (nSPS) is 45.5. The number of likely N-dealkylation sites (tertiary alicyclic amines) is 1. The van der Waals surface area contributed by atoms with Gasteiger partial charge < -0.3 is 10.6 Å². The highest BCUT2D eigenvalue weighted by atomic mass is 35.5. The number of halogens is 1. The lowest BCUT2D eigenvalue weighted by Crippen LogP contribution is -2.51. The Hall–Kier alpha value is -0.280. The molecule has 0 aromatic carbocycles. The van der Waals surface area contributed by atoms with Crippen LogP contribution in [0.1, 0.15) is 45.4 Å². The van der Waals surface area contributed by atoms with Crippen molar-refractivity contribution in [3.05, 3.63) is 0 Å². The molecule has 1 heterocycles. The average Bonchev–Trinajstić information content (AvgIpc) is 2.86. The molecule has 4 aliphatic carbocycles. The average molecular weight is 313 g/mol. The molecule has 1 amide bonds. The first-order valence-corrected chi connectivity index (χ1v) is 8.66. The van der Waals surface area contributed by atoms with E-state index in [0.717, 1.165) is 31.3 Å². The Morgan fingerprint density at radius 1 is 1.10 bits per heavy atom. The van der Waals surface area contributed by atoms with Gasteiger partial charge in [-0.3, -0.25) is 4.79 Å². The molecule has 2 unspecified atom stereocenters. The van der Waals surface area contributed by atoms with Gasteiger partial charge in [-0.1, -0.05) is 0 Å². The van der Waals surface area contributed by atoms with Crippen molar-refractivity contribution >= 4 is 18.3 Å². The molecule has 4 saturated carbocycles. The highest BCUT2D eigenvalue weighted by Gasteiger charge is 2.52. The van der Waals surface area contributed by atoms with Gasteiger partial charge in [0, 0.05) is 25.0 Å². The molecule has 21 heavy (non-hydrogen) atoms. The van der Waals surface area contributed by atoms with Crippen LogP contribution >= 0.6 is 12.4 Å². The van der Waals surface area contributed by atoms with Crippen molar-refractivity contribution in [1.82, 2.24) is 4.90 Å². The van der Waals surface area contributed by atoms with Crippen LogP contribution in [-0.4, -0.2) is 29.9 Å². The molecule has 0 radical (unpaired) electrons. The van der Waals surface area contributed by atoms with Crippen LogP contribution in [-0.2, 0) is 4.79 Å². The molecule has 5 rings (SSSR count). The lowest BCUT2D eigenvalue weighted by molar-refractivity contribution is -0.148. The number of amides is 1. The SMILES string of the molecule is CC(N)C1CCN(C(=O)C2C3CC4CC(C3)CC2C4)C1.Cl. The second-order valence-corrected chi connectivity index (χ2v) is 8.15. The third-order valence-corrected chi connectivity index (χ3v) is 6.79. The van der Waals surface area contributed by atoms with E-state index in [1.165, 1.54) is 32.1 Å². The fourth-order valence-electron chi connectivity index (χ4n) is 5.96. The van der Waals surface area contributed by atoms with Crippen LogP contribution in [0.2, 0.25) is 0 Å². The number of hydrogen-bond acceptors (Lipinski definition) is 2. The zero-order valence-electron chi connectivity index (χ0n) is 13.0. The summed E-state index contributed by atoms with van der Waals surface area (Å²) in [7, 11) is 0. The minimum atomic E-state index is 0. The molecule has 1 aliphatic heterocycles. The molecule has 120 valence electrons. The Kier molecular flexibility index (Phi) is 4.26. The molecule has 0 aromatic heterocycles. The van der Waals surface area contributed by atoms with Gasteiger partial charge in [-0.2, -0.15) is 0 Å². The van der Waals surface area contributed by atoms with Crippen LogP contribution in [0.3, 0.4) is 0 Å². The van der Waals surface area contributed by atoms with E-state index < -0.39 is 0 Å². The van der Waals surface area contributed by atoms with E-state index in [2.05, 4.69) is 11.8 Å². The number of hydrogen-bond donors (Lipinski definition) is 1. The van der Waals surface area contributed by atoms with Crippen LogP contribution < -0.4 is 5.73 Å². The maximum Gasteiger partial charge on any atom is 0.226 e. The molecule has 0 aromatic rings. The van der Waals surface area contributed by atoms with Gasteiger partial charge in [0.2, 0.25) is 5.91 Å². The smallest absolute Gasteiger partial charge is 0.226 e. The van der Waals surface area contributed by atoms with E-state index in [4.69, 9.17) is 5.73 Å². The first-order chi connectivity index (χ1) is 9.61. The van der Waals surface area contributed by atoms with E-state index in [-0.39, 0.29) is 18.4 Å². The largest absolute Gasteiger partial charge is 0.342 e. The van der Waals surface area contributed by atoms with Crippen molar-refractivity contribution in [1.29, 1.82) is 0 Å². The van der Waals surface area contributed by atoms with Crippen molar-refractivity contribution in [3.8, 4) is 0 Å². The number of rotatable bonds is 2. The molecule has 5 aliphatic rings. The molecular formula is C17H29ClN2O. The summed E-state index contributed by atoms with van der Waals surface area (Å²) in [4.78, 5) is 15.1. The topological polar surface area (TPSA) is 46.3 Å². The molecule has 2 N–H and O–H groups in total. The molecule has 0 spiro atoms. The summed E-state index contributed by atoms with van der Waals surface area (Å²) < 4.78 is 0. The standard InChI is InChI=1S/C17H28N2O.ClH/c1-10(18)13-2-3-19(9-13)17(20)16-14-5-11-4-12(7-14)8-15(16)6-11;/h10-16H,2-9,18H2,1H3;1H. The van der Waals surface area contributed by atoms with Crippen molar-refractivity contribution in [2.45, 2.75) is 51.5 Å². The van der Waals surface area contributed by atoms with Crippen molar-refractivity contribution in [3.63, 3.8) is 0 Å². The van der Waals surface area contributed by atoms with Crippen LogP contribution in [0, 0.1) is 35.5 Å². The van der Waals surface area contributed by atoms with Gasteiger partial charge in [0.25, 0.3) is 0 Å². The lowest BCUT2D eigenvalue weighted by atomic mass is 9.51. The third-order valence-electron chi connectivity index (χ3n) is 6.79. The van der Waals surface area contributed by atoms with E-state index in [1.807, 2.05) is 0 Å². The number of nitrogens with two attached hydrogens (primary N) is 1. The predicted molar refractivity (Wildman–Crippen MR) is 86.1 cm³/mol. The second kappa shape index (κ2) is 5.73. The summed E-state index contributed by atoms with van der Waals surface area (Å²) in [6, 6.07) is 0.228. The number of carbonyl (C=O) groups is 1. The Labute approximate surface area is 134 Å². The van der Waals surface area contributed by atoms with Gasteiger partial charge in [-0.05, 0) is 75.0 Å². The Morgan fingerprint density at radius 3 is 2.14 bits per heavy atom. The Morgan fingerprint density at radius 2 is 1.67 bits per heavy atom. The van der Waals surface area contributed by atoms with E-state index in [0.29, 0.717) is 29.6 Å². The van der Waals surface area contributed by atoms with E-state index in [9.17, 15) is 4.79 Å². The van der Waals surface area contributed by atoms with Crippen LogP contribution in [0.25, 0.3) is 0 Å². The van der Waals surface area contributed by atoms with Crippen molar-refractivity contribution in [2.75, 3.05) is 13.1 Å². The van der Waals surface area contributed by atoms with Crippen LogP contribution in [0.15, 0.2) is 0 Å². The number of nitrogens with zero attached hydrogens (tertiary/aromatic N) is 1. The summed E-state index contributed by atoms with van der Waals surface area (Å²) >= 11 is 0. The Bertz CT molecular complexity index is 384. The van der Waals surface area contributed by atoms with Crippen molar-refractivity contribution < 1.29 is 4.79 Å². The molecule has 2 atom stereocenters. The maximum atomic E-state index is 13.0. The first-order valence-electron chi connectivity index (χ1n) is 8.66. The number of carbonyl (C=O) groups excluding carboxylic acids is 1. The highest BCUT2D eigenvalue weighted by Crippen LogP contribution is 2.57. The highest BCUT2D eigenvalue weighted by molar-refractivity contribution is 5.85. The fourth-order valence-corrected chi connectivity index (χ4v) is 5.96. The molecule has 4 heteroatoms. The van der Waals surface area contributed by atoms with E-state index in [1.54, 1.807) is 0 Å². The zero-order valence-corrected chi connectivity index (χ0v) is 13.9. The minimum Gasteiger partial charge on any atom is -0.342 e. The van der Waals surface area contributed by atoms with Gasteiger partial charge >= 0.3 is 0 Å². The molecule has 4 bridgehead atoms. The lowest BCUT2D eigenvalue weighted by Gasteiger charge is -2.54. The van der Waals surface area contributed by atoms with Gasteiger partial charge in [0.1, 0.15) is 0 Å². The fraction of sp³-hybridized carbons (Fsp3) is 0.941. The monoisotopic (exact) mass is 312 g/mol. The Balaban J connectivity index is 0.00000132. The van der Waals surface area contributed by atoms with Crippen LogP contribution in [0.5, 0.6) is 0 Å². The molecular weight excluding hydrogens is 284 g/mol. The molecule has 3 nitrogen and oxygen atoms in total. The summed E-state index contributed by atoms with van der Waals surface area (Å²) in [5.41, 5.74) is 6.02. The molecule has 5 fully saturated rings. The maximum absolute atomic E-state index is 13.0. The summed E-state index contributed by atoms with van der Waals surface area (Å²) in [6.45, 7) is 3.95. The first kappa shape index (κ1) is 15.6. The van der Waals surface area contributed by atoms with Gasteiger partial charge in [-0.15, -0.1) is 12.4 Å². The summed E-state index contributed by atoms with van der Waals surface area (Å²) in [5, 5.41) is 0. The van der Waals surface area contributed by atoms with Gasteiger partial charge in [0.05, 0.1) is 0 Å². The quantitative estimate of drug-likeness (QED) is 0.852. The molecule has 1 saturated heterocycles. The van der Waals surface area contributed by atoms with E-state index >= 15 is 0 Å². The second-order valence-electron chi connectivity index (χ2n) is 8.15.